The SMILES string of the molecule is Nc1cc2c(S)ccc(O)c2s1. The van der Waals surface area contributed by atoms with Crippen LogP contribution >= 0.6 is 24.0 Å². The maximum Gasteiger partial charge on any atom is 0.133 e. The van der Waals surface area contributed by atoms with E-state index in [9.17, 15) is 5.11 Å². The number of benzene rings is 1. The van der Waals surface area contributed by atoms with E-state index in [0.29, 0.717) is 5.00 Å². The topological polar surface area (TPSA) is 46.2 Å². The van der Waals surface area contributed by atoms with Crippen LogP contribution in [0.3, 0.4) is 0 Å². The molecule has 0 aliphatic heterocycles. The molecule has 0 atom stereocenters. The fourth-order valence-electron chi connectivity index (χ4n) is 1.11. The lowest BCUT2D eigenvalue weighted by Crippen LogP contribution is -1.73. The summed E-state index contributed by atoms with van der Waals surface area (Å²) in [5, 5.41) is 11.0. The minimum absolute atomic E-state index is 0.268. The van der Waals surface area contributed by atoms with Crippen molar-refractivity contribution < 1.29 is 5.11 Å². The number of anilines is 1. The molecule has 12 heavy (non-hydrogen) atoms. The Bertz CT molecular complexity index is 397. The largest absolute Gasteiger partial charge is 0.506 e. The number of hydrogen-bond donors (Lipinski definition) is 3. The molecule has 62 valence electrons. The highest BCUT2D eigenvalue weighted by molar-refractivity contribution is 7.80. The Morgan fingerprint density at radius 3 is 2.83 bits per heavy atom. The first kappa shape index (κ1) is 7.76. The number of hydrogen-bond acceptors (Lipinski definition) is 4. The van der Waals surface area contributed by atoms with E-state index >= 15 is 0 Å². The molecule has 0 saturated heterocycles. The number of phenolic OH excluding ortho intramolecular Hbond substituents is 1. The van der Waals surface area contributed by atoms with Crippen LogP contribution in [0, 0.1) is 0 Å². The van der Waals surface area contributed by atoms with Crippen LogP contribution in [0.15, 0.2) is 23.1 Å². The first-order valence-electron chi connectivity index (χ1n) is 3.38. The number of nitrogen functional groups attached to an aromatic ring is 1. The van der Waals surface area contributed by atoms with E-state index in [1.807, 2.05) is 6.07 Å². The number of nitrogens with two attached hydrogens (primary N) is 1. The number of aromatic hydroxyl groups is 1. The summed E-state index contributed by atoms with van der Waals surface area (Å²) in [5.74, 6) is 0.268. The number of fused-ring (bicyclic) bond motifs is 1. The smallest absolute Gasteiger partial charge is 0.133 e. The van der Waals surface area contributed by atoms with Gasteiger partial charge in [0, 0.05) is 10.3 Å². The zero-order chi connectivity index (χ0) is 8.72. The van der Waals surface area contributed by atoms with Crippen molar-refractivity contribution >= 4 is 39.1 Å². The molecule has 0 radical (unpaired) electrons. The maximum atomic E-state index is 9.43. The fraction of sp³-hybridized carbons (Fsp3) is 0. The highest BCUT2D eigenvalue weighted by Gasteiger charge is 2.05. The van der Waals surface area contributed by atoms with Gasteiger partial charge in [-0.15, -0.1) is 24.0 Å². The molecule has 0 saturated carbocycles. The molecule has 1 aromatic carbocycles. The molecule has 2 aromatic rings. The second-order valence-electron chi connectivity index (χ2n) is 2.50. The molecule has 0 unspecified atom stereocenters. The molecule has 0 aliphatic rings. The highest BCUT2D eigenvalue weighted by Crippen LogP contribution is 2.37. The van der Waals surface area contributed by atoms with Crippen molar-refractivity contribution in [2.24, 2.45) is 0 Å². The summed E-state index contributed by atoms with van der Waals surface area (Å²) in [7, 11) is 0. The predicted octanol–water partition coefficient (Wildman–Crippen LogP) is 2.48. The van der Waals surface area contributed by atoms with Gasteiger partial charge in [-0.2, -0.15) is 0 Å². The van der Waals surface area contributed by atoms with Crippen molar-refractivity contribution in [2.75, 3.05) is 5.73 Å². The first-order valence-corrected chi connectivity index (χ1v) is 4.65. The van der Waals surface area contributed by atoms with Crippen molar-refractivity contribution in [1.29, 1.82) is 0 Å². The zero-order valence-corrected chi connectivity index (χ0v) is 7.82. The number of thiophene rings is 1. The van der Waals surface area contributed by atoms with Gasteiger partial charge in [-0.3, -0.25) is 0 Å². The van der Waals surface area contributed by atoms with Gasteiger partial charge in [0.25, 0.3) is 0 Å². The molecule has 1 aromatic heterocycles. The Morgan fingerprint density at radius 1 is 1.42 bits per heavy atom. The minimum Gasteiger partial charge on any atom is -0.506 e. The molecule has 0 aliphatic carbocycles. The molecule has 0 spiro atoms. The van der Waals surface area contributed by atoms with Gasteiger partial charge in [0.05, 0.1) is 9.70 Å². The molecule has 0 fully saturated rings. The van der Waals surface area contributed by atoms with Crippen LogP contribution in [0.5, 0.6) is 5.75 Å². The van der Waals surface area contributed by atoms with Crippen LogP contribution in [0.1, 0.15) is 0 Å². The molecular weight excluding hydrogens is 190 g/mol. The van der Waals surface area contributed by atoms with Crippen LogP contribution in [-0.2, 0) is 0 Å². The first-order chi connectivity index (χ1) is 5.68. The van der Waals surface area contributed by atoms with Crippen LogP contribution in [0.25, 0.3) is 10.1 Å². The second kappa shape index (κ2) is 2.57. The number of rotatable bonds is 0. The summed E-state index contributed by atoms with van der Waals surface area (Å²) < 4.78 is 0.806. The second-order valence-corrected chi connectivity index (χ2v) is 4.06. The summed E-state index contributed by atoms with van der Waals surface area (Å²) >= 11 is 5.62. The average molecular weight is 197 g/mol. The highest BCUT2D eigenvalue weighted by atomic mass is 32.1. The monoisotopic (exact) mass is 197 g/mol. The van der Waals surface area contributed by atoms with Gasteiger partial charge in [0.15, 0.2) is 0 Å². The molecule has 0 bridgehead atoms. The summed E-state index contributed by atoms with van der Waals surface area (Å²) in [5.41, 5.74) is 5.60. The van der Waals surface area contributed by atoms with E-state index in [-0.39, 0.29) is 5.75 Å². The van der Waals surface area contributed by atoms with Crippen LogP contribution in [-0.4, -0.2) is 5.11 Å². The van der Waals surface area contributed by atoms with E-state index in [0.717, 1.165) is 15.0 Å². The van der Waals surface area contributed by atoms with E-state index in [1.54, 1.807) is 12.1 Å². The van der Waals surface area contributed by atoms with Crippen LogP contribution in [0.2, 0.25) is 0 Å². The summed E-state index contributed by atoms with van der Waals surface area (Å²) in [4.78, 5) is 0.843. The normalized spacial score (nSPS) is 10.8. The molecular formula is C8H7NOS2. The number of phenols is 1. The Labute approximate surface area is 79.0 Å². The maximum absolute atomic E-state index is 9.43. The van der Waals surface area contributed by atoms with Crippen molar-refractivity contribution in [3.05, 3.63) is 18.2 Å². The third-order valence-corrected chi connectivity index (χ3v) is 3.04. The van der Waals surface area contributed by atoms with Crippen molar-refractivity contribution in [3.8, 4) is 5.75 Å². The van der Waals surface area contributed by atoms with Gasteiger partial charge >= 0.3 is 0 Å². The predicted molar refractivity (Wildman–Crippen MR) is 55.2 cm³/mol. The van der Waals surface area contributed by atoms with Gasteiger partial charge in [-0.05, 0) is 18.2 Å². The fourth-order valence-corrected chi connectivity index (χ4v) is 2.30. The van der Waals surface area contributed by atoms with Gasteiger partial charge < -0.3 is 10.8 Å². The molecule has 1 heterocycles. The van der Waals surface area contributed by atoms with Crippen LogP contribution < -0.4 is 5.73 Å². The third-order valence-electron chi connectivity index (χ3n) is 1.66. The van der Waals surface area contributed by atoms with Gasteiger partial charge in [0.1, 0.15) is 5.75 Å². The minimum atomic E-state index is 0.268. The van der Waals surface area contributed by atoms with E-state index < -0.39 is 0 Å². The molecule has 2 nitrogen and oxygen atoms in total. The van der Waals surface area contributed by atoms with Crippen molar-refractivity contribution in [1.82, 2.24) is 0 Å². The Kier molecular flexibility index (Phi) is 1.66. The van der Waals surface area contributed by atoms with E-state index in [1.165, 1.54) is 11.3 Å². The van der Waals surface area contributed by atoms with Crippen molar-refractivity contribution in [2.45, 2.75) is 4.90 Å². The Balaban J connectivity index is 2.93. The average Bonchev–Trinajstić information content (AvgIpc) is 2.41. The molecule has 2 rings (SSSR count). The van der Waals surface area contributed by atoms with Gasteiger partial charge in [-0.25, -0.2) is 0 Å². The summed E-state index contributed by atoms with van der Waals surface area (Å²) in [6, 6.07) is 5.20. The summed E-state index contributed by atoms with van der Waals surface area (Å²) in [6.45, 7) is 0. The van der Waals surface area contributed by atoms with Gasteiger partial charge in [0.2, 0.25) is 0 Å². The lowest BCUT2D eigenvalue weighted by Gasteiger charge is -1.95. The lowest BCUT2D eigenvalue weighted by molar-refractivity contribution is 0.482. The quantitative estimate of drug-likeness (QED) is 0.568. The van der Waals surface area contributed by atoms with E-state index in [4.69, 9.17) is 5.73 Å². The number of thiol groups is 1. The van der Waals surface area contributed by atoms with E-state index in [2.05, 4.69) is 12.6 Å². The third kappa shape index (κ3) is 1.04. The van der Waals surface area contributed by atoms with Gasteiger partial charge in [-0.1, -0.05) is 0 Å². The zero-order valence-electron chi connectivity index (χ0n) is 6.11. The molecule has 0 amide bonds. The lowest BCUT2D eigenvalue weighted by atomic mass is 10.2. The Morgan fingerprint density at radius 2 is 2.17 bits per heavy atom. The standard InChI is InChI=1S/C8H7NOS2/c9-7-3-4-6(11)2-1-5(10)8(4)12-7/h1-3,10-11H,9H2. The Hall–Kier alpha value is -0.870. The van der Waals surface area contributed by atoms with Crippen LogP contribution in [0.4, 0.5) is 5.00 Å². The van der Waals surface area contributed by atoms with Crippen molar-refractivity contribution in [3.63, 3.8) is 0 Å². The molecule has 4 heteroatoms. The summed E-state index contributed by atoms with van der Waals surface area (Å²) in [6.07, 6.45) is 0. The molecule has 3 N–H and O–H groups in total.